The SMILES string of the molecule is Cc1cccc2c(=O)[nH]c(COC(=O)c3ccc4c(c3)OCCO4)nc12. The summed E-state index contributed by atoms with van der Waals surface area (Å²) in [7, 11) is 0. The first kappa shape index (κ1) is 16.1. The van der Waals surface area contributed by atoms with Crippen LogP contribution < -0.4 is 15.0 Å². The third-order valence-corrected chi connectivity index (χ3v) is 4.10. The molecular weight excluding hydrogens is 336 g/mol. The van der Waals surface area contributed by atoms with E-state index in [9.17, 15) is 9.59 Å². The molecule has 0 aliphatic carbocycles. The van der Waals surface area contributed by atoms with Crippen LogP contribution in [0.15, 0.2) is 41.2 Å². The second-order valence-corrected chi connectivity index (χ2v) is 5.92. The number of esters is 1. The Kier molecular flexibility index (Phi) is 4.04. The first-order valence-electron chi connectivity index (χ1n) is 8.17. The van der Waals surface area contributed by atoms with Gasteiger partial charge in [-0.1, -0.05) is 12.1 Å². The van der Waals surface area contributed by atoms with Crippen molar-refractivity contribution in [3.8, 4) is 11.5 Å². The van der Waals surface area contributed by atoms with Crippen LogP contribution in [0.25, 0.3) is 10.9 Å². The average molecular weight is 352 g/mol. The van der Waals surface area contributed by atoms with Gasteiger partial charge in [0.1, 0.15) is 25.6 Å². The number of nitrogens with one attached hydrogen (secondary N) is 1. The highest BCUT2D eigenvalue weighted by molar-refractivity contribution is 5.90. The Balaban J connectivity index is 1.54. The van der Waals surface area contributed by atoms with E-state index in [1.165, 1.54) is 0 Å². The molecule has 0 radical (unpaired) electrons. The molecule has 0 amide bonds. The molecule has 0 saturated carbocycles. The maximum atomic E-state index is 12.3. The maximum Gasteiger partial charge on any atom is 0.338 e. The molecule has 1 N–H and O–H groups in total. The van der Waals surface area contributed by atoms with Gasteiger partial charge in [-0.2, -0.15) is 0 Å². The lowest BCUT2D eigenvalue weighted by Crippen LogP contribution is -2.17. The van der Waals surface area contributed by atoms with E-state index in [-0.39, 0.29) is 12.2 Å². The Morgan fingerprint density at radius 3 is 2.85 bits per heavy atom. The number of H-pyrrole nitrogens is 1. The second-order valence-electron chi connectivity index (χ2n) is 5.92. The summed E-state index contributed by atoms with van der Waals surface area (Å²) in [5.41, 5.74) is 1.56. The van der Waals surface area contributed by atoms with Crippen LogP contribution in [-0.4, -0.2) is 29.2 Å². The molecule has 0 unspecified atom stereocenters. The van der Waals surface area contributed by atoms with E-state index in [0.29, 0.717) is 47.0 Å². The van der Waals surface area contributed by atoms with Gasteiger partial charge in [0.05, 0.1) is 16.5 Å². The molecule has 3 aromatic rings. The highest BCUT2D eigenvalue weighted by Crippen LogP contribution is 2.31. The fraction of sp³-hybridized carbons (Fsp3) is 0.211. The molecule has 1 aliphatic rings. The number of para-hydroxylation sites is 1. The van der Waals surface area contributed by atoms with E-state index in [0.717, 1.165) is 5.56 Å². The van der Waals surface area contributed by atoms with Gasteiger partial charge >= 0.3 is 5.97 Å². The number of hydrogen-bond donors (Lipinski definition) is 1. The highest BCUT2D eigenvalue weighted by atomic mass is 16.6. The van der Waals surface area contributed by atoms with Crippen LogP contribution in [0.2, 0.25) is 0 Å². The van der Waals surface area contributed by atoms with Crippen LogP contribution in [0, 0.1) is 6.92 Å². The summed E-state index contributed by atoms with van der Waals surface area (Å²) in [6, 6.07) is 10.2. The van der Waals surface area contributed by atoms with E-state index >= 15 is 0 Å². The van der Waals surface area contributed by atoms with Crippen molar-refractivity contribution in [3.63, 3.8) is 0 Å². The number of benzene rings is 2. The molecule has 0 fully saturated rings. The lowest BCUT2D eigenvalue weighted by molar-refractivity contribution is 0.0461. The number of fused-ring (bicyclic) bond motifs is 2. The molecule has 1 aliphatic heterocycles. The quantitative estimate of drug-likeness (QED) is 0.728. The fourth-order valence-electron chi connectivity index (χ4n) is 2.81. The van der Waals surface area contributed by atoms with Gasteiger partial charge in [0.15, 0.2) is 11.5 Å². The predicted molar refractivity (Wildman–Crippen MR) is 93.7 cm³/mol. The van der Waals surface area contributed by atoms with E-state index in [1.54, 1.807) is 30.3 Å². The highest BCUT2D eigenvalue weighted by Gasteiger charge is 2.16. The lowest BCUT2D eigenvalue weighted by atomic mass is 10.1. The van der Waals surface area contributed by atoms with Crippen molar-refractivity contribution < 1.29 is 19.0 Å². The standard InChI is InChI=1S/C19H16N2O5/c1-11-3-2-4-13-17(11)20-16(21-18(13)22)10-26-19(23)12-5-6-14-15(9-12)25-8-7-24-14/h2-6,9H,7-8,10H2,1H3,(H,20,21,22). The summed E-state index contributed by atoms with van der Waals surface area (Å²) in [6.07, 6.45) is 0. The van der Waals surface area contributed by atoms with Crippen molar-refractivity contribution in [1.29, 1.82) is 0 Å². The second kappa shape index (κ2) is 6.51. The molecule has 1 aromatic heterocycles. The molecule has 0 bridgehead atoms. The van der Waals surface area contributed by atoms with Gasteiger partial charge in [-0.15, -0.1) is 0 Å². The number of carbonyl (C=O) groups excluding carboxylic acids is 1. The van der Waals surface area contributed by atoms with Gasteiger partial charge in [0.2, 0.25) is 0 Å². The van der Waals surface area contributed by atoms with Crippen LogP contribution in [0.1, 0.15) is 21.7 Å². The van der Waals surface area contributed by atoms with Crippen molar-refractivity contribution in [1.82, 2.24) is 9.97 Å². The zero-order valence-corrected chi connectivity index (χ0v) is 14.1. The summed E-state index contributed by atoms with van der Waals surface area (Å²) in [6.45, 7) is 2.66. The summed E-state index contributed by atoms with van der Waals surface area (Å²) >= 11 is 0. The largest absolute Gasteiger partial charge is 0.486 e. The Hall–Kier alpha value is -3.35. The summed E-state index contributed by atoms with van der Waals surface area (Å²) in [5.74, 6) is 0.875. The maximum absolute atomic E-state index is 12.3. The molecule has 0 spiro atoms. The van der Waals surface area contributed by atoms with Gasteiger partial charge in [-0.05, 0) is 36.8 Å². The smallest absolute Gasteiger partial charge is 0.338 e. The molecule has 2 aromatic carbocycles. The first-order valence-corrected chi connectivity index (χ1v) is 8.17. The number of ether oxygens (including phenoxy) is 3. The Labute approximate surface area is 148 Å². The molecule has 0 atom stereocenters. The lowest BCUT2D eigenvalue weighted by Gasteiger charge is -2.18. The van der Waals surface area contributed by atoms with E-state index < -0.39 is 5.97 Å². The molecule has 7 heteroatoms. The Morgan fingerprint density at radius 1 is 1.19 bits per heavy atom. The summed E-state index contributed by atoms with van der Waals surface area (Å²) in [4.78, 5) is 31.5. The molecule has 132 valence electrons. The summed E-state index contributed by atoms with van der Waals surface area (Å²) < 4.78 is 16.2. The van der Waals surface area contributed by atoms with E-state index in [4.69, 9.17) is 14.2 Å². The van der Waals surface area contributed by atoms with Crippen LogP contribution >= 0.6 is 0 Å². The van der Waals surface area contributed by atoms with Gasteiger partial charge < -0.3 is 19.2 Å². The topological polar surface area (TPSA) is 90.5 Å². The van der Waals surface area contributed by atoms with Crippen molar-refractivity contribution in [2.24, 2.45) is 0 Å². The monoisotopic (exact) mass is 352 g/mol. The molecule has 26 heavy (non-hydrogen) atoms. The minimum Gasteiger partial charge on any atom is -0.486 e. The zero-order valence-electron chi connectivity index (χ0n) is 14.1. The number of aromatic nitrogens is 2. The van der Waals surface area contributed by atoms with Crippen molar-refractivity contribution in [3.05, 3.63) is 63.7 Å². The van der Waals surface area contributed by atoms with Gasteiger partial charge in [0.25, 0.3) is 5.56 Å². The van der Waals surface area contributed by atoms with E-state index in [2.05, 4.69) is 9.97 Å². The number of nitrogens with zero attached hydrogens (tertiary/aromatic N) is 1. The molecule has 2 heterocycles. The van der Waals surface area contributed by atoms with Crippen molar-refractivity contribution in [2.75, 3.05) is 13.2 Å². The van der Waals surface area contributed by atoms with Crippen LogP contribution in [-0.2, 0) is 11.3 Å². The molecule has 0 saturated heterocycles. The molecular formula is C19H16N2O5. The summed E-state index contributed by atoms with van der Waals surface area (Å²) in [5, 5.41) is 0.506. The molecule has 4 rings (SSSR count). The first-order chi connectivity index (χ1) is 12.6. The number of aromatic amines is 1. The van der Waals surface area contributed by atoms with E-state index in [1.807, 2.05) is 13.0 Å². The number of hydrogen-bond acceptors (Lipinski definition) is 6. The minimum atomic E-state index is -0.533. The van der Waals surface area contributed by atoms with Gasteiger partial charge in [0, 0.05) is 0 Å². The average Bonchev–Trinajstić information content (AvgIpc) is 2.66. The third kappa shape index (κ3) is 2.99. The minimum absolute atomic E-state index is 0.132. The third-order valence-electron chi connectivity index (χ3n) is 4.10. The Morgan fingerprint density at radius 2 is 2.00 bits per heavy atom. The normalized spacial score (nSPS) is 12.8. The van der Waals surface area contributed by atoms with Crippen LogP contribution in [0.5, 0.6) is 11.5 Å². The zero-order chi connectivity index (χ0) is 18.1. The van der Waals surface area contributed by atoms with Crippen molar-refractivity contribution in [2.45, 2.75) is 13.5 Å². The van der Waals surface area contributed by atoms with Gasteiger partial charge in [-0.25, -0.2) is 9.78 Å². The predicted octanol–water partition coefficient (Wildman–Crippen LogP) is 2.36. The van der Waals surface area contributed by atoms with Gasteiger partial charge in [-0.3, -0.25) is 4.79 Å². The van der Waals surface area contributed by atoms with Crippen molar-refractivity contribution >= 4 is 16.9 Å². The van der Waals surface area contributed by atoms with Crippen LogP contribution in [0.4, 0.5) is 0 Å². The number of rotatable bonds is 3. The van der Waals surface area contributed by atoms with Crippen LogP contribution in [0.3, 0.4) is 0 Å². The number of carbonyl (C=O) groups is 1. The fourth-order valence-corrected chi connectivity index (χ4v) is 2.81. The molecule has 7 nitrogen and oxygen atoms in total. The Bertz CT molecular complexity index is 1060. The number of aryl methyl sites for hydroxylation is 1.